The number of nitrogens with zero attached hydrogens (tertiary/aromatic N) is 1. The van der Waals surface area contributed by atoms with Gasteiger partial charge in [-0.1, -0.05) is 41.9 Å². The molecule has 1 aliphatic heterocycles. The van der Waals surface area contributed by atoms with E-state index in [4.69, 9.17) is 7.85 Å². The van der Waals surface area contributed by atoms with E-state index >= 15 is 0 Å². The monoisotopic (exact) mass is 202 g/mol. The summed E-state index contributed by atoms with van der Waals surface area (Å²) < 4.78 is 4.09. The van der Waals surface area contributed by atoms with Gasteiger partial charge in [-0.15, -0.1) is 4.67 Å². The van der Waals surface area contributed by atoms with Gasteiger partial charge in [-0.2, -0.15) is 0 Å². The van der Waals surface area contributed by atoms with Crippen LogP contribution in [-0.4, -0.2) is 20.3 Å². The molecule has 2 aromatic carbocycles. The molecule has 0 saturated carbocycles. The minimum atomic E-state index is 0.814. The van der Waals surface area contributed by atoms with Crippen LogP contribution >= 0.6 is 0 Å². The lowest BCUT2D eigenvalue weighted by Gasteiger charge is -2.07. The molecule has 0 aromatic heterocycles. The molecule has 16 heavy (non-hydrogen) atoms. The van der Waals surface area contributed by atoms with Gasteiger partial charge in [0.1, 0.15) is 7.85 Å². The van der Waals surface area contributed by atoms with Crippen LogP contribution in [0.5, 0.6) is 0 Å². The first-order valence-corrected chi connectivity index (χ1v) is 5.20. The first-order valence-electron chi connectivity index (χ1n) is 5.20. The van der Waals surface area contributed by atoms with Gasteiger partial charge in [0, 0.05) is 6.08 Å². The van der Waals surface area contributed by atoms with Crippen molar-refractivity contribution < 1.29 is 0 Å². The second-order valence-corrected chi connectivity index (χ2v) is 3.80. The summed E-state index contributed by atoms with van der Waals surface area (Å²) >= 11 is 0. The Morgan fingerprint density at radius 1 is 1.00 bits per heavy atom. The fraction of sp³-hybridized carbons (Fsp3) is 0. The Morgan fingerprint density at radius 3 is 2.56 bits per heavy atom. The third kappa shape index (κ3) is 1.32. The van der Waals surface area contributed by atoms with Gasteiger partial charge in [-0.25, -0.2) is 0 Å². The van der Waals surface area contributed by atoms with E-state index in [0.29, 0.717) is 0 Å². The average Bonchev–Trinajstić information content (AvgIpc) is 2.82. The van der Waals surface area contributed by atoms with E-state index in [1.165, 1.54) is 5.39 Å². The molecule has 0 amide bonds. The normalized spacial score (nSPS) is 13.4. The van der Waals surface area contributed by atoms with E-state index in [1.54, 1.807) is 6.21 Å². The summed E-state index contributed by atoms with van der Waals surface area (Å²) in [6.07, 6.45) is 5.66. The molecule has 1 heterocycles. The van der Waals surface area contributed by atoms with Crippen LogP contribution in [-0.2, 0) is 0 Å². The van der Waals surface area contributed by atoms with Gasteiger partial charge in [-0.3, -0.25) is 0 Å². The summed E-state index contributed by atoms with van der Waals surface area (Å²) in [5, 5.41) is 2.27. The fourth-order valence-corrected chi connectivity index (χ4v) is 2.06. The lowest BCUT2D eigenvalue weighted by molar-refractivity contribution is 1.72. The molecule has 1 nitrogen and oxygen atoms in total. The Bertz CT molecular complexity index is 656. The van der Waals surface area contributed by atoms with Crippen molar-refractivity contribution in [2.24, 2.45) is 0 Å². The van der Waals surface area contributed by atoms with Gasteiger partial charge in [0.15, 0.2) is 0 Å². The molecule has 1 aliphatic rings. The van der Waals surface area contributed by atoms with Crippen LogP contribution in [0.3, 0.4) is 0 Å². The number of hydrogen-bond acceptors (Lipinski definition) is 0. The predicted molar refractivity (Wildman–Crippen MR) is 71.6 cm³/mol. The molecule has 0 N–H and O–H groups in total. The lowest BCUT2D eigenvalue weighted by atomic mass is 9.86. The molecule has 2 heteroatoms. The zero-order chi connectivity index (χ0) is 11.0. The number of hydrogen-bond donors (Lipinski definition) is 0. The van der Waals surface area contributed by atoms with E-state index in [-0.39, 0.29) is 0 Å². The largest absolute Gasteiger partial charge is 0.300 e. The Labute approximate surface area is 95.3 Å². The highest BCUT2D eigenvalue weighted by molar-refractivity contribution is 6.40. The van der Waals surface area contributed by atoms with E-state index in [1.807, 2.05) is 30.5 Å². The molecule has 2 radical (unpaired) electrons. The van der Waals surface area contributed by atoms with Crippen molar-refractivity contribution in [2.45, 2.75) is 0 Å². The summed E-state index contributed by atoms with van der Waals surface area (Å²) in [4.78, 5) is 0. The second-order valence-electron chi connectivity index (χ2n) is 3.80. The Balaban J connectivity index is 2.37. The number of rotatable bonds is 1. The van der Waals surface area contributed by atoms with E-state index in [0.717, 1.165) is 22.0 Å². The van der Waals surface area contributed by atoms with Crippen molar-refractivity contribution in [3.05, 3.63) is 48.0 Å². The quantitative estimate of drug-likeness (QED) is 0.488. The van der Waals surface area contributed by atoms with Crippen LogP contribution in [0.2, 0.25) is 0 Å². The Hall–Kier alpha value is -2.05. The molecular weight excluding hydrogens is 193 g/mol. The zero-order valence-corrected chi connectivity index (χ0v) is 8.72. The highest BCUT2D eigenvalue weighted by Gasteiger charge is 2.11. The maximum atomic E-state index is 6.04. The van der Waals surface area contributed by atoms with Gasteiger partial charge < -0.3 is 0 Å². The average molecular weight is 202 g/mol. The molecule has 0 unspecified atom stereocenters. The van der Waals surface area contributed by atoms with E-state index in [2.05, 4.69) is 22.9 Å². The molecule has 0 fully saturated rings. The molecule has 72 valence electrons. The standard InChI is InChI=1S/C14H9BN/c15-13-6-2-4-10-3-1-5-12(14(10)13)11-7-8-16-9-11/h1-9H/q+1. The van der Waals surface area contributed by atoms with Crippen molar-refractivity contribution in [3.8, 4) is 0 Å². The number of benzene rings is 2. The molecule has 0 aliphatic carbocycles. The summed E-state index contributed by atoms with van der Waals surface area (Å²) in [5.74, 6) is 0. The van der Waals surface area contributed by atoms with Crippen molar-refractivity contribution in [1.82, 2.24) is 4.67 Å². The SMILES string of the molecule is [B]c1cccc2cccc(C3=CC=[N+]=C3)c12. The first kappa shape index (κ1) is 9.20. The fourth-order valence-electron chi connectivity index (χ4n) is 2.06. The molecule has 0 bridgehead atoms. The lowest BCUT2D eigenvalue weighted by Crippen LogP contribution is -2.05. The molecule has 0 atom stereocenters. The smallest absolute Gasteiger partial charge is 0.100 e. The van der Waals surface area contributed by atoms with Crippen LogP contribution in [0.25, 0.3) is 16.3 Å². The maximum absolute atomic E-state index is 6.04. The predicted octanol–water partition coefficient (Wildman–Crippen LogP) is 1.24. The van der Waals surface area contributed by atoms with Crippen molar-refractivity contribution >= 4 is 42.1 Å². The summed E-state index contributed by atoms with van der Waals surface area (Å²) in [6.45, 7) is 0. The summed E-state index contributed by atoms with van der Waals surface area (Å²) in [6, 6.07) is 12.2. The van der Waals surface area contributed by atoms with E-state index < -0.39 is 0 Å². The second kappa shape index (κ2) is 3.51. The molecular formula is C14H9BN+. The van der Waals surface area contributed by atoms with Gasteiger partial charge >= 0.3 is 0 Å². The van der Waals surface area contributed by atoms with Crippen LogP contribution in [0.1, 0.15) is 5.56 Å². The van der Waals surface area contributed by atoms with Gasteiger partial charge in [0.05, 0.1) is 5.57 Å². The van der Waals surface area contributed by atoms with Crippen LogP contribution < -0.4 is 10.1 Å². The van der Waals surface area contributed by atoms with Crippen LogP contribution in [0.4, 0.5) is 0 Å². The van der Waals surface area contributed by atoms with E-state index in [9.17, 15) is 0 Å². The third-order valence-corrected chi connectivity index (χ3v) is 2.80. The topological polar surface area (TPSA) is 14.1 Å². The van der Waals surface area contributed by atoms with Gasteiger partial charge in [0.25, 0.3) is 12.4 Å². The summed E-state index contributed by atoms with van der Waals surface area (Å²) in [7, 11) is 6.04. The molecule has 0 saturated heterocycles. The Morgan fingerprint density at radius 2 is 1.81 bits per heavy atom. The highest BCUT2D eigenvalue weighted by atomic mass is 14.5. The number of allylic oxidation sites excluding steroid dienone is 2. The van der Waals surface area contributed by atoms with Gasteiger partial charge in [0.2, 0.25) is 0 Å². The van der Waals surface area contributed by atoms with Crippen molar-refractivity contribution in [3.63, 3.8) is 0 Å². The summed E-state index contributed by atoms with van der Waals surface area (Å²) in [5.41, 5.74) is 3.07. The van der Waals surface area contributed by atoms with Crippen LogP contribution in [0.15, 0.2) is 42.5 Å². The van der Waals surface area contributed by atoms with Gasteiger partial charge in [-0.05, 0) is 16.3 Å². The maximum Gasteiger partial charge on any atom is 0.300 e. The zero-order valence-electron chi connectivity index (χ0n) is 8.72. The van der Waals surface area contributed by atoms with Crippen molar-refractivity contribution in [2.75, 3.05) is 0 Å². The highest BCUT2D eigenvalue weighted by Crippen LogP contribution is 2.22. The Kier molecular flexibility index (Phi) is 2.02. The minimum absolute atomic E-state index is 0.814. The minimum Gasteiger partial charge on any atom is -0.100 e. The molecule has 2 aromatic rings. The van der Waals surface area contributed by atoms with Crippen LogP contribution in [0, 0.1) is 0 Å². The molecule has 3 rings (SSSR count). The van der Waals surface area contributed by atoms with Crippen molar-refractivity contribution in [1.29, 1.82) is 0 Å². The third-order valence-electron chi connectivity index (χ3n) is 2.80. The molecule has 0 spiro atoms. The first-order chi connectivity index (χ1) is 7.86. The number of fused-ring (bicyclic) bond motifs is 1.